The van der Waals surface area contributed by atoms with Crippen LogP contribution in [0.2, 0.25) is 0 Å². The van der Waals surface area contributed by atoms with E-state index in [2.05, 4.69) is 22.1 Å². The van der Waals surface area contributed by atoms with Gasteiger partial charge in [-0.05, 0) is 13.1 Å². The zero-order valence-corrected chi connectivity index (χ0v) is 7.16. The van der Waals surface area contributed by atoms with Crippen molar-refractivity contribution in [1.82, 2.24) is 15.1 Å². The van der Waals surface area contributed by atoms with Crippen LogP contribution in [0.4, 0.5) is 0 Å². The van der Waals surface area contributed by atoms with Crippen LogP contribution in [0.25, 0.3) is 0 Å². The molecule has 2 heterocycles. The van der Waals surface area contributed by atoms with Gasteiger partial charge in [-0.15, -0.1) is 0 Å². The lowest BCUT2D eigenvalue weighted by molar-refractivity contribution is -0.0231. The van der Waals surface area contributed by atoms with E-state index >= 15 is 0 Å². The van der Waals surface area contributed by atoms with Crippen molar-refractivity contribution in [2.75, 3.05) is 26.7 Å². The number of likely N-dealkylation sites (N-methyl/N-ethyl adjacent to an activating group) is 1. The molecule has 0 saturated carbocycles. The fourth-order valence-electron chi connectivity index (χ4n) is 1.41. The fourth-order valence-corrected chi connectivity index (χ4v) is 1.41. The molecule has 1 unspecified atom stereocenters. The molecule has 66 valence electrons. The van der Waals surface area contributed by atoms with Gasteiger partial charge in [0, 0.05) is 19.3 Å². The number of aromatic amines is 1. The summed E-state index contributed by atoms with van der Waals surface area (Å²) in [6, 6.07) is 1.96. The Hall–Kier alpha value is -0.870. The molecule has 1 aromatic rings. The Labute approximate surface area is 71.5 Å². The van der Waals surface area contributed by atoms with Gasteiger partial charge in [-0.2, -0.15) is 5.10 Å². The van der Waals surface area contributed by atoms with Gasteiger partial charge in [0.05, 0.1) is 12.3 Å². The number of nitrogens with one attached hydrogen (secondary N) is 1. The first-order valence-corrected chi connectivity index (χ1v) is 4.16. The minimum atomic E-state index is 0.148. The van der Waals surface area contributed by atoms with E-state index in [1.54, 1.807) is 0 Å². The number of rotatable bonds is 1. The molecule has 1 aliphatic rings. The molecule has 0 radical (unpaired) electrons. The molecule has 4 nitrogen and oxygen atoms in total. The van der Waals surface area contributed by atoms with Crippen molar-refractivity contribution in [1.29, 1.82) is 0 Å². The molecule has 2 rings (SSSR count). The molecular formula is C8H13N3O. The van der Waals surface area contributed by atoms with Crippen molar-refractivity contribution in [2.45, 2.75) is 6.10 Å². The summed E-state index contributed by atoms with van der Waals surface area (Å²) >= 11 is 0. The number of aromatic nitrogens is 2. The molecule has 1 fully saturated rings. The van der Waals surface area contributed by atoms with Gasteiger partial charge in [-0.1, -0.05) is 0 Å². The van der Waals surface area contributed by atoms with Crippen LogP contribution in [0.15, 0.2) is 12.3 Å². The number of H-pyrrole nitrogens is 1. The smallest absolute Gasteiger partial charge is 0.114 e. The maximum absolute atomic E-state index is 5.57. The first-order chi connectivity index (χ1) is 5.86. The van der Waals surface area contributed by atoms with E-state index < -0.39 is 0 Å². The van der Waals surface area contributed by atoms with Crippen LogP contribution in [0.1, 0.15) is 11.8 Å². The Morgan fingerprint density at radius 3 is 3.33 bits per heavy atom. The van der Waals surface area contributed by atoms with Gasteiger partial charge in [-0.25, -0.2) is 0 Å². The minimum Gasteiger partial charge on any atom is -0.369 e. The van der Waals surface area contributed by atoms with E-state index in [9.17, 15) is 0 Å². The molecule has 0 bridgehead atoms. The maximum Gasteiger partial charge on any atom is 0.114 e. The molecular weight excluding hydrogens is 154 g/mol. The van der Waals surface area contributed by atoms with Crippen molar-refractivity contribution in [3.63, 3.8) is 0 Å². The fraction of sp³-hybridized carbons (Fsp3) is 0.625. The molecule has 0 aromatic carbocycles. The predicted octanol–water partition coefficient (Wildman–Crippen LogP) is 0.413. The van der Waals surface area contributed by atoms with Crippen LogP contribution in [-0.2, 0) is 4.74 Å². The summed E-state index contributed by atoms with van der Waals surface area (Å²) in [6.07, 6.45) is 1.97. The van der Waals surface area contributed by atoms with Crippen LogP contribution in [0.3, 0.4) is 0 Å². The summed E-state index contributed by atoms with van der Waals surface area (Å²) < 4.78 is 5.57. The highest BCUT2D eigenvalue weighted by Crippen LogP contribution is 2.18. The molecule has 12 heavy (non-hydrogen) atoms. The standard InChI is InChI=1S/C8H13N3O/c1-11-4-5-12-8(6-11)7-2-3-9-10-7/h2-3,8H,4-6H2,1H3,(H,9,10). The van der Waals surface area contributed by atoms with Gasteiger partial charge in [0.1, 0.15) is 6.10 Å². The Morgan fingerprint density at radius 2 is 2.67 bits per heavy atom. The minimum absolute atomic E-state index is 0.148. The van der Waals surface area contributed by atoms with Crippen molar-refractivity contribution >= 4 is 0 Å². The maximum atomic E-state index is 5.57. The molecule has 1 aromatic heterocycles. The molecule has 4 heteroatoms. The van der Waals surface area contributed by atoms with Crippen LogP contribution < -0.4 is 0 Å². The summed E-state index contributed by atoms with van der Waals surface area (Å²) in [4.78, 5) is 2.25. The number of nitrogens with zero attached hydrogens (tertiary/aromatic N) is 2. The predicted molar refractivity (Wildman–Crippen MR) is 44.8 cm³/mol. The molecule has 1 atom stereocenters. The highest BCUT2D eigenvalue weighted by molar-refractivity contribution is 5.03. The topological polar surface area (TPSA) is 41.1 Å². The van der Waals surface area contributed by atoms with Gasteiger partial charge in [-0.3, -0.25) is 5.10 Å². The largest absolute Gasteiger partial charge is 0.369 e. The molecule has 0 aliphatic carbocycles. The third-order valence-corrected chi connectivity index (χ3v) is 2.12. The van der Waals surface area contributed by atoms with E-state index in [0.29, 0.717) is 0 Å². The molecule has 1 saturated heterocycles. The first kappa shape index (κ1) is 7.76. The van der Waals surface area contributed by atoms with E-state index in [1.807, 2.05) is 12.3 Å². The summed E-state index contributed by atoms with van der Waals surface area (Å²) in [6.45, 7) is 2.75. The van der Waals surface area contributed by atoms with Crippen LogP contribution in [-0.4, -0.2) is 41.8 Å². The van der Waals surface area contributed by atoms with Gasteiger partial charge < -0.3 is 9.64 Å². The van der Waals surface area contributed by atoms with Crippen LogP contribution >= 0.6 is 0 Å². The first-order valence-electron chi connectivity index (χ1n) is 4.16. The molecule has 1 aliphatic heterocycles. The quantitative estimate of drug-likeness (QED) is 0.658. The normalized spacial score (nSPS) is 25.9. The average Bonchev–Trinajstić information content (AvgIpc) is 2.56. The Kier molecular flexibility index (Phi) is 2.10. The highest BCUT2D eigenvalue weighted by atomic mass is 16.5. The van der Waals surface area contributed by atoms with Crippen molar-refractivity contribution in [2.24, 2.45) is 0 Å². The Balaban J connectivity index is 2.04. The lowest BCUT2D eigenvalue weighted by atomic mass is 10.2. The zero-order valence-electron chi connectivity index (χ0n) is 7.16. The van der Waals surface area contributed by atoms with Gasteiger partial charge >= 0.3 is 0 Å². The monoisotopic (exact) mass is 167 g/mol. The highest BCUT2D eigenvalue weighted by Gasteiger charge is 2.20. The number of hydrogen-bond acceptors (Lipinski definition) is 3. The van der Waals surface area contributed by atoms with Gasteiger partial charge in [0.25, 0.3) is 0 Å². The Bertz CT molecular complexity index is 234. The number of morpholine rings is 1. The second-order valence-corrected chi connectivity index (χ2v) is 3.12. The molecule has 0 amide bonds. The second kappa shape index (κ2) is 3.25. The summed E-state index contributed by atoms with van der Waals surface area (Å²) in [5, 5.41) is 6.89. The van der Waals surface area contributed by atoms with E-state index in [4.69, 9.17) is 4.74 Å². The van der Waals surface area contributed by atoms with Gasteiger partial charge in [0.15, 0.2) is 0 Å². The SMILES string of the molecule is CN1CCOC(c2cc[nH]n2)C1. The molecule has 1 N–H and O–H groups in total. The summed E-state index contributed by atoms with van der Waals surface area (Å²) in [5.74, 6) is 0. The average molecular weight is 167 g/mol. The van der Waals surface area contributed by atoms with E-state index in [1.165, 1.54) is 0 Å². The van der Waals surface area contributed by atoms with E-state index in [0.717, 1.165) is 25.4 Å². The van der Waals surface area contributed by atoms with Gasteiger partial charge in [0.2, 0.25) is 0 Å². The van der Waals surface area contributed by atoms with Crippen LogP contribution in [0.5, 0.6) is 0 Å². The second-order valence-electron chi connectivity index (χ2n) is 3.12. The lowest BCUT2D eigenvalue weighted by Gasteiger charge is -2.28. The Morgan fingerprint density at radius 1 is 1.75 bits per heavy atom. The van der Waals surface area contributed by atoms with Crippen LogP contribution in [0, 0.1) is 0 Å². The van der Waals surface area contributed by atoms with Crippen molar-refractivity contribution in [3.05, 3.63) is 18.0 Å². The van der Waals surface area contributed by atoms with E-state index in [-0.39, 0.29) is 6.10 Å². The summed E-state index contributed by atoms with van der Waals surface area (Å²) in [7, 11) is 2.10. The summed E-state index contributed by atoms with van der Waals surface area (Å²) in [5.41, 5.74) is 1.00. The third kappa shape index (κ3) is 1.49. The zero-order chi connectivity index (χ0) is 8.39. The number of ether oxygens (including phenoxy) is 1. The third-order valence-electron chi connectivity index (χ3n) is 2.12. The van der Waals surface area contributed by atoms with Crippen molar-refractivity contribution < 1.29 is 4.74 Å². The number of hydrogen-bond donors (Lipinski definition) is 1. The van der Waals surface area contributed by atoms with Crippen molar-refractivity contribution in [3.8, 4) is 0 Å². The lowest BCUT2D eigenvalue weighted by Crippen LogP contribution is -2.35. The molecule has 0 spiro atoms.